The number of rotatable bonds is 10. The van der Waals surface area contributed by atoms with E-state index in [9.17, 15) is 22.4 Å². The molecule has 2 aromatic heterocycles. The van der Waals surface area contributed by atoms with Crippen molar-refractivity contribution >= 4 is 17.5 Å². The minimum absolute atomic E-state index is 0.00698. The number of nitrogens with one attached hydrogen (secondary N) is 1. The quantitative estimate of drug-likeness (QED) is 0.320. The highest BCUT2D eigenvalue weighted by Crippen LogP contribution is 2.36. The second-order valence-electron chi connectivity index (χ2n) is 9.76. The largest absolute Gasteiger partial charge is 0.419 e. The van der Waals surface area contributed by atoms with Crippen LogP contribution in [0.15, 0.2) is 30.7 Å². The summed E-state index contributed by atoms with van der Waals surface area (Å²) < 4.78 is 61.1. The van der Waals surface area contributed by atoms with Gasteiger partial charge in [0.25, 0.3) is 5.91 Å². The van der Waals surface area contributed by atoms with Crippen LogP contribution < -0.4 is 21.7 Å². The maximum Gasteiger partial charge on any atom is 0.419 e. The van der Waals surface area contributed by atoms with Gasteiger partial charge in [-0.2, -0.15) is 13.2 Å². The molecule has 0 saturated carbocycles. The lowest BCUT2D eigenvalue weighted by Gasteiger charge is -2.33. The van der Waals surface area contributed by atoms with Gasteiger partial charge in [0.1, 0.15) is 35.2 Å². The number of methoxy groups -OCH3 is 1. The van der Waals surface area contributed by atoms with Crippen molar-refractivity contribution in [1.82, 2.24) is 24.8 Å². The molecule has 3 aromatic rings. The van der Waals surface area contributed by atoms with Gasteiger partial charge in [-0.05, 0) is 38.0 Å². The van der Waals surface area contributed by atoms with Crippen molar-refractivity contribution in [3.05, 3.63) is 53.5 Å². The second-order valence-corrected chi connectivity index (χ2v) is 9.76. The van der Waals surface area contributed by atoms with Crippen molar-refractivity contribution in [2.75, 3.05) is 44.0 Å². The summed E-state index contributed by atoms with van der Waals surface area (Å²) in [7, 11) is 1.62. The summed E-state index contributed by atoms with van der Waals surface area (Å²) in [5.41, 5.74) is 10.6. The first kappa shape index (κ1) is 29.2. The third kappa shape index (κ3) is 6.50. The molecule has 0 bridgehead atoms. The van der Waals surface area contributed by atoms with E-state index in [-0.39, 0.29) is 28.9 Å². The summed E-state index contributed by atoms with van der Waals surface area (Å²) in [6.45, 7) is 4.63. The van der Waals surface area contributed by atoms with Crippen molar-refractivity contribution in [2.24, 2.45) is 5.73 Å². The number of imidazole rings is 1. The van der Waals surface area contributed by atoms with Gasteiger partial charge in [0.05, 0.1) is 17.9 Å². The number of nitrogen functional groups attached to an aromatic ring is 1. The van der Waals surface area contributed by atoms with Gasteiger partial charge in [-0.1, -0.05) is 0 Å². The highest BCUT2D eigenvalue weighted by atomic mass is 19.4. The third-order valence-electron chi connectivity index (χ3n) is 6.90. The molecule has 10 nitrogen and oxygen atoms in total. The molecular formula is C26H32F4N8O2. The average molecular weight is 565 g/mol. The Bertz CT molecular complexity index is 1340. The number of anilines is 2. The molecule has 0 spiro atoms. The van der Waals surface area contributed by atoms with Crippen LogP contribution in [0.25, 0.3) is 11.3 Å². The number of alkyl halides is 3. The summed E-state index contributed by atoms with van der Waals surface area (Å²) in [6.07, 6.45) is -0.591. The molecular weight excluding hydrogens is 532 g/mol. The van der Waals surface area contributed by atoms with Crippen molar-refractivity contribution in [3.8, 4) is 11.3 Å². The molecule has 1 aromatic carbocycles. The van der Waals surface area contributed by atoms with Gasteiger partial charge in [-0.3, -0.25) is 4.79 Å². The van der Waals surface area contributed by atoms with Crippen LogP contribution in [-0.2, 0) is 17.5 Å². The monoisotopic (exact) mass is 564 g/mol. The van der Waals surface area contributed by atoms with Crippen LogP contribution >= 0.6 is 0 Å². The van der Waals surface area contributed by atoms with Crippen LogP contribution in [0.1, 0.15) is 47.4 Å². The van der Waals surface area contributed by atoms with Crippen LogP contribution in [0.5, 0.6) is 0 Å². The zero-order chi connectivity index (χ0) is 29.0. The number of primary amides is 1. The number of aromatic nitrogens is 4. The summed E-state index contributed by atoms with van der Waals surface area (Å²) in [4.78, 5) is 26.7. The molecule has 1 saturated heterocycles. The van der Waals surface area contributed by atoms with Crippen molar-refractivity contribution < 1.29 is 27.1 Å². The van der Waals surface area contributed by atoms with E-state index in [0.717, 1.165) is 12.1 Å². The fourth-order valence-electron chi connectivity index (χ4n) is 4.93. The molecule has 40 heavy (non-hydrogen) atoms. The molecule has 216 valence electrons. The Morgan fingerprint density at radius 3 is 2.62 bits per heavy atom. The van der Waals surface area contributed by atoms with E-state index >= 15 is 0 Å². The lowest BCUT2D eigenvalue weighted by atomic mass is 9.95. The highest BCUT2D eigenvalue weighted by Gasteiger charge is 2.35. The third-order valence-corrected chi connectivity index (χ3v) is 6.90. The minimum atomic E-state index is -4.83. The maximum absolute atomic E-state index is 13.9. The number of benzene rings is 1. The molecule has 4 rings (SSSR count). The Balaban J connectivity index is 1.60. The zero-order valence-corrected chi connectivity index (χ0v) is 22.2. The number of carbonyl (C=O) groups is 1. The van der Waals surface area contributed by atoms with Crippen molar-refractivity contribution in [1.29, 1.82) is 0 Å². The molecule has 5 N–H and O–H groups in total. The molecule has 0 radical (unpaired) electrons. The summed E-state index contributed by atoms with van der Waals surface area (Å²) >= 11 is 0. The predicted molar refractivity (Wildman–Crippen MR) is 141 cm³/mol. The number of amides is 1. The average Bonchev–Trinajstić information content (AvgIpc) is 3.32. The zero-order valence-electron chi connectivity index (χ0n) is 22.2. The number of ether oxygens (including phenoxy) is 1. The smallest absolute Gasteiger partial charge is 0.383 e. The molecule has 3 heterocycles. The fourth-order valence-corrected chi connectivity index (χ4v) is 4.93. The van der Waals surface area contributed by atoms with Crippen LogP contribution in [0.2, 0.25) is 0 Å². The lowest BCUT2D eigenvalue weighted by Crippen LogP contribution is -2.36. The van der Waals surface area contributed by atoms with Gasteiger partial charge in [0.2, 0.25) is 0 Å². The van der Waals surface area contributed by atoms with Crippen LogP contribution in [0.3, 0.4) is 0 Å². The summed E-state index contributed by atoms with van der Waals surface area (Å²) in [5.74, 6) is -0.994. The molecule has 14 heteroatoms. The fraction of sp³-hybridized carbons (Fsp3) is 0.462. The molecule has 1 unspecified atom stereocenters. The predicted octanol–water partition coefficient (Wildman–Crippen LogP) is 3.19. The van der Waals surface area contributed by atoms with Crippen LogP contribution in [0, 0.1) is 5.82 Å². The van der Waals surface area contributed by atoms with E-state index in [2.05, 4.69) is 15.3 Å². The summed E-state index contributed by atoms with van der Waals surface area (Å²) in [5, 5.41) is 3.35. The van der Waals surface area contributed by atoms with E-state index in [1.807, 2.05) is 16.4 Å². The van der Waals surface area contributed by atoms with Gasteiger partial charge >= 0.3 is 6.18 Å². The number of halogens is 4. The Labute approximate surface area is 228 Å². The first-order valence-electron chi connectivity index (χ1n) is 12.8. The normalized spacial score (nSPS) is 15.4. The van der Waals surface area contributed by atoms with Crippen LogP contribution in [0.4, 0.5) is 29.2 Å². The Morgan fingerprint density at radius 1 is 1.25 bits per heavy atom. The molecule has 1 fully saturated rings. The number of hydrogen-bond donors (Lipinski definition) is 3. The number of nitrogens with zero attached hydrogens (tertiary/aromatic N) is 5. The highest BCUT2D eigenvalue weighted by molar-refractivity contribution is 6.01. The lowest BCUT2D eigenvalue weighted by molar-refractivity contribution is -0.139. The first-order chi connectivity index (χ1) is 19.0. The van der Waals surface area contributed by atoms with Crippen LogP contribution in [-0.4, -0.2) is 64.8 Å². The van der Waals surface area contributed by atoms with Gasteiger partial charge in [-0.25, -0.2) is 19.3 Å². The van der Waals surface area contributed by atoms with Gasteiger partial charge in [0.15, 0.2) is 0 Å². The van der Waals surface area contributed by atoms with Gasteiger partial charge < -0.3 is 31.0 Å². The molecule has 1 aliphatic rings. The molecule has 1 aliphatic heterocycles. The SMILES string of the molecule is COCC(C)NCCn1cc(-c2ccc(F)c(C(F)(F)F)c2)nc1C1CCN(c2ncnc(N)c2C(N)=O)CC1. The standard InChI is InChI=1S/C26H32F4N8O2/c1-15(13-40-2)33-7-10-38-12-20(17-3-4-19(27)18(11-17)26(28,29)30)36-24(38)16-5-8-37(9-6-16)25-21(23(32)39)22(31)34-14-35-25/h3-4,11-12,14-16,33H,5-10,13H2,1-2H3,(H2,32,39)(H2,31,34,35). The van der Waals surface area contributed by atoms with E-state index in [0.29, 0.717) is 63.0 Å². The van der Waals surface area contributed by atoms with Crippen molar-refractivity contribution in [2.45, 2.75) is 44.4 Å². The van der Waals surface area contributed by atoms with E-state index in [1.54, 1.807) is 13.3 Å². The number of piperidine rings is 1. The summed E-state index contributed by atoms with van der Waals surface area (Å²) in [6, 6.07) is 3.00. The first-order valence-corrected chi connectivity index (χ1v) is 12.8. The maximum atomic E-state index is 13.9. The van der Waals surface area contributed by atoms with Gasteiger partial charge in [-0.15, -0.1) is 0 Å². The van der Waals surface area contributed by atoms with Gasteiger partial charge in [0, 0.05) is 57.0 Å². The number of carbonyl (C=O) groups excluding carboxylic acids is 1. The van der Waals surface area contributed by atoms with E-state index in [1.165, 1.54) is 12.4 Å². The molecule has 1 amide bonds. The Morgan fingerprint density at radius 2 is 1.98 bits per heavy atom. The minimum Gasteiger partial charge on any atom is -0.383 e. The number of nitrogens with two attached hydrogens (primary N) is 2. The number of hydrogen-bond acceptors (Lipinski definition) is 8. The Hall–Kier alpha value is -3.78. The van der Waals surface area contributed by atoms with E-state index < -0.39 is 23.5 Å². The molecule has 0 aliphatic carbocycles. The second kappa shape index (κ2) is 12.2. The van der Waals surface area contributed by atoms with Crippen molar-refractivity contribution in [3.63, 3.8) is 0 Å². The molecule has 1 atom stereocenters. The topological polar surface area (TPSA) is 137 Å². The Kier molecular flexibility index (Phi) is 8.88. The van der Waals surface area contributed by atoms with E-state index in [4.69, 9.17) is 21.2 Å².